The summed E-state index contributed by atoms with van der Waals surface area (Å²) < 4.78 is 39.6. The number of nitrogens with zero attached hydrogens (tertiary/aromatic N) is 1. The van der Waals surface area contributed by atoms with Gasteiger partial charge < -0.3 is 10.0 Å². The number of aliphatic carboxylic acids is 1. The molecule has 0 radical (unpaired) electrons. The van der Waals surface area contributed by atoms with Gasteiger partial charge in [-0.2, -0.15) is 13.2 Å². The van der Waals surface area contributed by atoms with Gasteiger partial charge in [0.2, 0.25) is 0 Å². The van der Waals surface area contributed by atoms with E-state index >= 15 is 0 Å². The Labute approximate surface area is 122 Å². The smallest absolute Gasteiger partial charge is 0.418 e. The number of halogens is 4. The summed E-state index contributed by atoms with van der Waals surface area (Å²) in [6.45, 7) is 1.96. The van der Waals surface area contributed by atoms with Crippen molar-refractivity contribution in [2.45, 2.75) is 25.6 Å². The summed E-state index contributed by atoms with van der Waals surface area (Å²) in [5.41, 5.74) is -0.707. The van der Waals surface area contributed by atoms with Crippen LogP contribution >= 0.6 is 15.9 Å². The van der Waals surface area contributed by atoms with Crippen molar-refractivity contribution in [3.8, 4) is 0 Å². The molecule has 2 unspecified atom stereocenters. The van der Waals surface area contributed by atoms with Crippen molar-refractivity contribution in [3.05, 3.63) is 28.2 Å². The fourth-order valence-electron chi connectivity index (χ4n) is 2.60. The van der Waals surface area contributed by atoms with Crippen LogP contribution in [0.5, 0.6) is 0 Å². The van der Waals surface area contributed by atoms with E-state index in [0.717, 1.165) is 6.07 Å². The summed E-state index contributed by atoms with van der Waals surface area (Å²) in [6.07, 6.45) is -4.12. The first kappa shape index (κ1) is 15.2. The van der Waals surface area contributed by atoms with Crippen LogP contribution < -0.4 is 4.90 Å². The maximum absolute atomic E-state index is 13.1. The van der Waals surface area contributed by atoms with Crippen molar-refractivity contribution in [2.75, 3.05) is 11.4 Å². The van der Waals surface area contributed by atoms with Crippen molar-refractivity contribution in [2.24, 2.45) is 5.92 Å². The van der Waals surface area contributed by atoms with Crippen LogP contribution in [-0.4, -0.2) is 23.7 Å². The van der Waals surface area contributed by atoms with Crippen LogP contribution in [0, 0.1) is 5.92 Å². The van der Waals surface area contributed by atoms with Gasteiger partial charge >= 0.3 is 12.1 Å². The molecule has 1 saturated heterocycles. The number of rotatable bonds is 2. The van der Waals surface area contributed by atoms with Crippen molar-refractivity contribution in [3.63, 3.8) is 0 Å². The highest BCUT2D eigenvalue weighted by atomic mass is 79.9. The molecule has 2 atom stereocenters. The molecule has 0 spiro atoms. The molecule has 1 fully saturated rings. The van der Waals surface area contributed by atoms with Gasteiger partial charge in [0.15, 0.2) is 0 Å². The molecule has 0 aliphatic carbocycles. The highest BCUT2D eigenvalue weighted by molar-refractivity contribution is 9.10. The van der Waals surface area contributed by atoms with Gasteiger partial charge in [0, 0.05) is 22.7 Å². The molecule has 1 aliphatic rings. The molecular weight excluding hydrogens is 339 g/mol. The quantitative estimate of drug-likeness (QED) is 0.881. The summed E-state index contributed by atoms with van der Waals surface area (Å²) >= 11 is 3.03. The lowest BCUT2D eigenvalue weighted by molar-refractivity contribution is -0.141. The molecule has 0 aromatic heterocycles. The van der Waals surface area contributed by atoms with E-state index in [0.29, 0.717) is 17.4 Å². The zero-order valence-electron chi connectivity index (χ0n) is 10.6. The Morgan fingerprint density at radius 1 is 1.45 bits per heavy atom. The summed E-state index contributed by atoms with van der Waals surface area (Å²) in [7, 11) is 0. The van der Waals surface area contributed by atoms with E-state index in [9.17, 15) is 18.0 Å². The minimum absolute atomic E-state index is 0.0388. The lowest BCUT2D eigenvalue weighted by Gasteiger charge is -2.28. The number of carboxylic acids is 1. The molecule has 1 aliphatic heterocycles. The van der Waals surface area contributed by atoms with Crippen LogP contribution in [0.4, 0.5) is 18.9 Å². The highest BCUT2D eigenvalue weighted by Gasteiger charge is 2.41. The third kappa shape index (κ3) is 2.77. The Morgan fingerprint density at radius 2 is 2.10 bits per heavy atom. The molecule has 0 bridgehead atoms. The van der Waals surface area contributed by atoms with Gasteiger partial charge in [-0.05, 0) is 31.5 Å². The van der Waals surface area contributed by atoms with E-state index in [-0.39, 0.29) is 5.69 Å². The van der Waals surface area contributed by atoms with Gasteiger partial charge in [-0.1, -0.05) is 15.9 Å². The van der Waals surface area contributed by atoms with Crippen LogP contribution in [0.15, 0.2) is 22.7 Å². The molecule has 110 valence electrons. The largest absolute Gasteiger partial charge is 0.481 e. The first-order valence-corrected chi connectivity index (χ1v) is 6.87. The standard InChI is InChI=1S/C13H13BrF3NO2/c1-7-9(12(19)20)4-5-18(7)11-3-2-8(14)6-10(11)13(15,16)17/h2-3,6-7,9H,4-5H2,1H3,(H,19,20). The minimum atomic E-state index is -4.47. The maximum Gasteiger partial charge on any atom is 0.418 e. The molecule has 1 N–H and O–H groups in total. The fraction of sp³-hybridized carbons (Fsp3) is 0.462. The maximum atomic E-state index is 13.1. The van der Waals surface area contributed by atoms with E-state index in [1.165, 1.54) is 17.0 Å². The van der Waals surface area contributed by atoms with Crippen LogP contribution in [0.1, 0.15) is 18.9 Å². The Bertz CT molecular complexity index is 533. The molecule has 20 heavy (non-hydrogen) atoms. The van der Waals surface area contributed by atoms with Crippen molar-refractivity contribution < 1.29 is 23.1 Å². The molecule has 7 heteroatoms. The minimum Gasteiger partial charge on any atom is -0.481 e. The lowest BCUT2D eigenvalue weighted by Crippen LogP contribution is -2.34. The van der Waals surface area contributed by atoms with E-state index < -0.39 is 29.7 Å². The highest BCUT2D eigenvalue weighted by Crippen LogP contribution is 2.41. The molecule has 1 aromatic carbocycles. The summed E-state index contributed by atoms with van der Waals surface area (Å²) in [6, 6.07) is 3.48. The zero-order chi connectivity index (χ0) is 15.1. The molecule has 0 saturated carbocycles. The van der Waals surface area contributed by atoms with Crippen molar-refractivity contribution in [1.82, 2.24) is 0 Å². The normalized spacial score (nSPS) is 23.1. The van der Waals surface area contributed by atoms with Crippen molar-refractivity contribution >= 4 is 27.6 Å². The SMILES string of the molecule is CC1C(C(=O)O)CCN1c1ccc(Br)cc1C(F)(F)F. The Balaban J connectivity index is 2.42. The topological polar surface area (TPSA) is 40.5 Å². The molecule has 2 rings (SSSR count). The van der Waals surface area contributed by atoms with Crippen LogP contribution in [0.25, 0.3) is 0 Å². The van der Waals surface area contributed by atoms with Gasteiger partial charge in [-0.3, -0.25) is 4.79 Å². The number of carbonyl (C=O) groups is 1. The first-order valence-electron chi connectivity index (χ1n) is 6.08. The Morgan fingerprint density at radius 3 is 2.60 bits per heavy atom. The number of anilines is 1. The average Bonchev–Trinajstić information content (AvgIpc) is 2.70. The third-order valence-corrected chi connectivity index (χ3v) is 4.14. The second-order valence-corrected chi connectivity index (χ2v) is 5.74. The monoisotopic (exact) mass is 351 g/mol. The van der Waals surface area contributed by atoms with E-state index in [1.807, 2.05) is 0 Å². The van der Waals surface area contributed by atoms with Gasteiger partial charge in [0.1, 0.15) is 0 Å². The fourth-order valence-corrected chi connectivity index (χ4v) is 2.96. The predicted molar refractivity (Wildman–Crippen MR) is 71.7 cm³/mol. The predicted octanol–water partition coefficient (Wildman–Crippen LogP) is 3.77. The number of benzene rings is 1. The van der Waals surface area contributed by atoms with Gasteiger partial charge in [-0.15, -0.1) is 0 Å². The van der Waals surface area contributed by atoms with Gasteiger partial charge in [0.05, 0.1) is 11.5 Å². The molecular formula is C13H13BrF3NO2. The van der Waals surface area contributed by atoms with Crippen LogP contribution in [0.3, 0.4) is 0 Å². The molecule has 1 heterocycles. The van der Waals surface area contributed by atoms with E-state index in [4.69, 9.17) is 5.11 Å². The number of hydrogen-bond acceptors (Lipinski definition) is 2. The first-order chi connectivity index (χ1) is 9.21. The van der Waals surface area contributed by atoms with Crippen molar-refractivity contribution in [1.29, 1.82) is 0 Å². The zero-order valence-corrected chi connectivity index (χ0v) is 12.2. The number of carboxylic acid groups (broad SMARTS) is 1. The molecule has 3 nitrogen and oxygen atoms in total. The summed E-state index contributed by atoms with van der Waals surface area (Å²) in [4.78, 5) is 12.6. The van der Waals surface area contributed by atoms with Gasteiger partial charge in [-0.25, -0.2) is 0 Å². The van der Waals surface area contributed by atoms with Crippen LogP contribution in [0.2, 0.25) is 0 Å². The Kier molecular flexibility index (Phi) is 4.00. The number of alkyl halides is 3. The summed E-state index contributed by atoms with van der Waals surface area (Å²) in [5.74, 6) is -1.61. The molecule has 1 aromatic rings. The van der Waals surface area contributed by atoms with E-state index in [2.05, 4.69) is 15.9 Å². The van der Waals surface area contributed by atoms with Gasteiger partial charge in [0.25, 0.3) is 0 Å². The average molecular weight is 352 g/mol. The summed E-state index contributed by atoms with van der Waals surface area (Å²) in [5, 5.41) is 9.07. The second kappa shape index (κ2) is 5.27. The van der Waals surface area contributed by atoms with Crippen LogP contribution in [-0.2, 0) is 11.0 Å². The second-order valence-electron chi connectivity index (χ2n) is 4.83. The van der Waals surface area contributed by atoms with E-state index in [1.54, 1.807) is 6.92 Å². The Hall–Kier alpha value is -1.24. The molecule has 0 amide bonds. The lowest BCUT2D eigenvalue weighted by atomic mass is 10.0. The number of hydrogen-bond donors (Lipinski definition) is 1. The third-order valence-electron chi connectivity index (χ3n) is 3.65.